The number of nitrogens with zero attached hydrogens (tertiary/aromatic N) is 2. The molecule has 2 aromatic rings. The molecule has 0 spiro atoms. The number of fused-ring (bicyclic) bond motifs is 1. The van der Waals surface area contributed by atoms with E-state index in [0.717, 1.165) is 23.9 Å². The first-order chi connectivity index (χ1) is 9.28. The van der Waals surface area contributed by atoms with Crippen molar-refractivity contribution in [2.75, 3.05) is 5.73 Å². The van der Waals surface area contributed by atoms with E-state index in [1.165, 1.54) is 37.6 Å². The van der Waals surface area contributed by atoms with Gasteiger partial charge in [0.2, 0.25) is 5.95 Å². The van der Waals surface area contributed by atoms with Gasteiger partial charge in [0, 0.05) is 6.54 Å². The van der Waals surface area contributed by atoms with E-state index < -0.39 is 0 Å². The van der Waals surface area contributed by atoms with Gasteiger partial charge in [-0.25, -0.2) is 4.98 Å². The largest absolute Gasteiger partial charge is 0.369 e. The first-order valence-corrected chi connectivity index (χ1v) is 7.48. The highest BCUT2D eigenvalue weighted by molar-refractivity contribution is 5.78. The lowest BCUT2D eigenvalue weighted by Gasteiger charge is -2.28. The third-order valence-electron chi connectivity index (χ3n) is 4.67. The van der Waals surface area contributed by atoms with Gasteiger partial charge >= 0.3 is 0 Å². The Hall–Kier alpha value is -1.51. The number of hydrogen-bond acceptors (Lipinski definition) is 2. The predicted molar refractivity (Wildman–Crippen MR) is 79.9 cm³/mol. The van der Waals surface area contributed by atoms with E-state index in [4.69, 9.17) is 5.73 Å². The molecule has 2 N–H and O–H groups in total. The number of hydrogen-bond donors (Lipinski definition) is 1. The molecule has 102 valence electrons. The van der Waals surface area contributed by atoms with Crippen LogP contribution >= 0.6 is 0 Å². The second-order valence-corrected chi connectivity index (χ2v) is 5.86. The van der Waals surface area contributed by atoms with E-state index in [2.05, 4.69) is 28.6 Å². The summed E-state index contributed by atoms with van der Waals surface area (Å²) in [5.41, 5.74) is 8.27. The van der Waals surface area contributed by atoms with Crippen LogP contribution in [0.5, 0.6) is 0 Å². The van der Waals surface area contributed by atoms with Gasteiger partial charge in [-0.05, 0) is 36.8 Å². The molecule has 3 heteroatoms. The Bertz CT molecular complexity index is 550. The number of rotatable bonds is 3. The van der Waals surface area contributed by atoms with Gasteiger partial charge in [0.15, 0.2) is 0 Å². The normalized spacial score (nSPS) is 23.8. The van der Waals surface area contributed by atoms with Crippen LogP contribution in [0.4, 0.5) is 5.95 Å². The molecule has 3 nitrogen and oxygen atoms in total. The quantitative estimate of drug-likeness (QED) is 0.908. The van der Waals surface area contributed by atoms with Crippen LogP contribution < -0.4 is 5.73 Å². The smallest absolute Gasteiger partial charge is 0.201 e. The Balaban J connectivity index is 1.77. The maximum atomic E-state index is 6.08. The van der Waals surface area contributed by atoms with Crippen molar-refractivity contribution in [2.24, 2.45) is 11.8 Å². The third-order valence-corrected chi connectivity index (χ3v) is 4.67. The van der Waals surface area contributed by atoms with E-state index in [1.54, 1.807) is 0 Å². The maximum absolute atomic E-state index is 6.08. The Labute approximate surface area is 114 Å². The van der Waals surface area contributed by atoms with Gasteiger partial charge in [0.25, 0.3) is 0 Å². The zero-order valence-corrected chi connectivity index (χ0v) is 11.7. The minimum Gasteiger partial charge on any atom is -0.369 e. The van der Waals surface area contributed by atoms with Crippen molar-refractivity contribution in [1.29, 1.82) is 0 Å². The number of para-hydroxylation sites is 2. The van der Waals surface area contributed by atoms with Gasteiger partial charge in [0.05, 0.1) is 11.0 Å². The van der Waals surface area contributed by atoms with Crippen LogP contribution in [0.15, 0.2) is 24.3 Å². The summed E-state index contributed by atoms with van der Waals surface area (Å²) in [4.78, 5) is 4.45. The van der Waals surface area contributed by atoms with Gasteiger partial charge in [-0.3, -0.25) is 0 Å². The lowest BCUT2D eigenvalue weighted by atomic mass is 9.81. The van der Waals surface area contributed by atoms with Crippen LogP contribution in [-0.4, -0.2) is 9.55 Å². The Kier molecular flexibility index (Phi) is 3.45. The monoisotopic (exact) mass is 257 g/mol. The fourth-order valence-corrected chi connectivity index (χ4v) is 3.37. The van der Waals surface area contributed by atoms with Crippen molar-refractivity contribution in [3.63, 3.8) is 0 Å². The van der Waals surface area contributed by atoms with Gasteiger partial charge in [-0.15, -0.1) is 0 Å². The molecule has 0 amide bonds. The number of aromatic nitrogens is 2. The molecule has 1 aromatic heterocycles. The van der Waals surface area contributed by atoms with Crippen LogP contribution in [0.1, 0.15) is 39.0 Å². The number of benzene rings is 1. The van der Waals surface area contributed by atoms with Crippen molar-refractivity contribution in [3.8, 4) is 0 Å². The maximum Gasteiger partial charge on any atom is 0.201 e. The summed E-state index contributed by atoms with van der Waals surface area (Å²) in [6.07, 6.45) is 6.78. The van der Waals surface area contributed by atoms with Crippen LogP contribution in [-0.2, 0) is 6.54 Å². The fraction of sp³-hybridized carbons (Fsp3) is 0.562. The second-order valence-electron chi connectivity index (χ2n) is 5.86. The summed E-state index contributed by atoms with van der Waals surface area (Å²) in [5, 5.41) is 0. The van der Waals surface area contributed by atoms with Crippen molar-refractivity contribution in [1.82, 2.24) is 9.55 Å². The van der Waals surface area contributed by atoms with Crippen LogP contribution in [0.25, 0.3) is 11.0 Å². The number of nitrogens with two attached hydrogens (primary N) is 1. The third kappa shape index (κ3) is 2.46. The predicted octanol–water partition coefficient (Wildman–Crippen LogP) is 3.83. The molecular weight excluding hydrogens is 234 g/mol. The number of anilines is 1. The van der Waals surface area contributed by atoms with Crippen LogP contribution in [0.3, 0.4) is 0 Å². The summed E-state index contributed by atoms with van der Waals surface area (Å²) in [5.74, 6) is 2.38. The van der Waals surface area contributed by atoms with Gasteiger partial charge in [-0.2, -0.15) is 0 Å². The average Bonchev–Trinajstić information content (AvgIpc) is 2.76. The Morgan fingerprint density at radius 3 is 2.58 bits per heavy atom. The molecule has 0 radical (unpaired) electrons. The molecule has 0 unspecified atom stereocenters. The van der Waals surface area contributed by atoms with Crippen LogP contribution in [0, 0.1) is 11.8 Å². The summed E-state index contributed by atoms with van der Waals surface area (Å²) in [6.45, 7) is 3.34. The van der Waals surface area contributed by atoms with Crippen LogP contribution in [0.2, 0.25) is 0 Å². The molecule has 0 atom stereocenters. The fourth-order valence-electron chi connectivity index (χ4n) is 3.37. The molecule has 19 heavy (non-hydrogen) atoms. The zero-order chi connectivity index (χ0) is 13.2. The second kappa shape index (κ2) is 5.24. The molecule has 0 aliphatic heterocycles. The topological polar surface area (TPSA) is 43.8 Å². The minimum absolute atomic E-state index is 0.666. The molecule has 1 aromatic carbocycles. The van der Waals surface area contributed by atoms with Gasteiger partial charge < -0.3 is 10.3 Å². The molecule has 1 aliphatic rings. The molecule has 1 saturated carbocycles. The molecule has 3 rings (SSSR count). The van der Waals surface area contributed by atoms with Crippen molar-refractivity contribution < 1.29 is 0 Å². The number of imidazole rings is 1. The molecular formula is C16H23N3. The minimum atomic E-state index is 0.666. The van der Waals surface area contributed by atoms with Crippen molar-refractivity contribution in [3.05, 3.63) is 24.3 Å². The Morgan fingerprint density at radius 1 is 1.16 bits per heavy atom. The summed E-state index contributed by atoms with van der Waals surface area (Å²) < 4.78 is 2.20. The van der Waals surface area contributed by atoms with E-state index in [1.807, 2.05) is 12.1 Å². The highest BCUT2D eigenvalue weighted by Gasteiger charge is 2.21. The summed E-state index contributed by atoms with van der Waals surface area (Å²) >= 11 is 0. The molecule has 1 aliphatic carbocycles. The standard InChI is InChI=1S/C16H23N3/c1-2-12-7-9-13(10-8-12)11-19-15-6-4-3-5-14(15)18-16(19)17/h3-6,12-13H,2,7-11H2,1H3,(H2,17,18). The Morgan fingerprint density at radius 2 is 1.84 bits per heavy atom. The molecule has 0 saturated heterocycles. The van der Waals surface area contributed by atoms with Gasteiger partial charge in [0.1, 0.15) is 0 Å². The van der Waals surface area contributed by atoms with E-state index in [9.17, 15) is 0 Å². The molecule has 0 bridgehead atoms. The SMILES string of the molecule is CCC1CCC(Cn2c(N)nc3ccccc32)CC1. The van der Waals surface area contributed by atoms with E-state index >= 15 is 0 Å². The summed E-state index contributed by atoms with van der Waals surface area (Å²) in [7, 11) is 0. The highest BCUT2D eigenvalue weighted by Crippen LogP contribution is 2.32. The highest BCUT2D eigenvalue weighted by atomic mass is 15.2. The molecule has 1 heterocycles. The van der Waals surface area contributed by atoms with Crippen molar-refractivity contribution >= 4 is 17.0 Å². The average molecular weight is 257 g/mol. The first kappa shape index (κ1) is 12.5. The lowest BCUT2D eigenvalue weighted by molar-refractivity contribution is 0.250. The summed E-state index contributed by atoms with van der Waals surface area (Å²) in [6, 6.07) is 8.24. The van der Waals surface area contributed by atoms with Crippen molar-refractivity contribution in [2.45, 2.75) is 45.6 Å². The number of nitrogen functional groups attached to an aromatic ring is 1. The van der Waals surface area contributed by atoms with Gasteiger partial charge in [-0.1, -0.05) is 38.3 Å². The zero-order valence-electron chi connectivity index (χ0n) is 11.7. The first-order valence-electron chi connectivity index (χ1n) is 7.48. The molecule has 1 fully saturated rings. The lowest BCUT2D eigenvalue weighted by Crippen LogP contribution is -2.19. The van der Waals surface area contributed by atoms with E-state index in [0.29, 0.717) is 5.95 Å². The van der Waals surface area contributed by atoms with E-state index in [-0.39, 0.29) is 0 Å².